The van der Waals surface area contributed by atoms with Crippen LogP contribution in [0.1, 0.15) is 38.5 Å². The van der Waals surface area contributed by atoms with Crippen molar-refractivity contribution in [3.05, 3.63) is 0 Å². The summed E-state index contributed by atoms with van der Waals surface area (Å²) < 4.78 is 36.7. The molecule has 0 unspecified atom stereocenters. The molecule has 14 heavy (non-hydrogen) atoms. The molecule has 1 amide bonds. The smallest absolute Gasteiger partial charge is 0.369 e. The van der Waals surface area contributed by atoms with Crippen molar-refractivity contribution in [1.29, 1.82) is 0 Å². The highest BCUT2D eigenvalue weighted by molar-refractivity contribution is 5.80. The number of rotatable bonds is 2. The predicted molar refractivity (Wildman–Crippen MR) is 45.4 cm³/mol. The molecule has 0 saturated heterocycles. The summed E-state index contributed by atoms with van der Waals surface area (Å²) in [7, 11) is 0. The quantitative estimate of drug-likeness (QED) is 0.745. The molecule has 0 atom stereocenters. The number of nitrogens with two attached hydrogens (primary N) is 1. The molecule has 1 aliphatic rings. The van der Waals surface area contributed by atoms with Gasteiger partial charge in [-0.15, -0.1) is 0 Å². The van der Waals surface area contributed by atoms with E-state index in [0.29, 0.717) is 12.8 Å². The van der Waals surface area contributed by atoms with Crippen molar-refractivity contribution in [1.82, 2.24) is 0 Å². The maximum Gasteiger partial charge on any atom is 0.390 e. The predicted octanol–water partition coefficient (Wildman–Crippen LogP) is 2.37. The summed E-state index contributed by atoms with van der Waals surface area (Å²) in [5.41, 5.74) is 3.75. The summed E-state index contributed by atoms with van der Waals surface area (Å²) >= 11 is 0. The zero-order valence-electron chi connectivity index (χ0n) is 7.86. The van der Waals surface area contributed by atoms with Gasteiger partial charge in [-0.1, -0.05) is 19.3 Å². The van der Waals surface area contributed by atoms with Crippen LogP contribution in [-0.2, 0) is 4.79 Å². The van der Waals surface area contributed by atoms with Crippen molar-refractivity contribution < 1.29 is 18.0 Å². The lowest BCUT2D eigenvalue weighted by Gasteiger charge is -2.34. The van der Waals surface area contributed by atoms with Gasteiger partial charge in [0, 0.05) is 0 Å². The van der Waals surface area contributed by atoms with Gasteiger partial charge in [0.1, 0.15) is 0 Å². The summed E-state index contributed by atoms with van der Waals surface area (Å²) in [6, 6.07) is 0. The van der Waals surface area contributed by atoms with E-state index in [-0.39, 0.29) is 12.8 Å². The van der Waals surface area contributed by atoms with E-state index in [1.54, 1.807) is 0 Å². The Labute approximate surface area is 80.7 Å². The fourth-order valence-electron chi connectivity index (χ4n) is 2.12. The first-order valence-corrected chi connectivity index (χ1v) is 4.72. The Kier molecular flexibility index (Phi) is 3.07. The Hall–Kier alpha value is -0.740. The Bertz CT molecular complexity index is 219. The van der Waals surface area contributed by atoms with E-state index in [0.717, 1.165) is 6.42 Å². The van der Waals surface area contributed by atoms with Crippen LogP contribution >= 0.6 is 0 Å². The van der Waals surface area contributed by atoms with E-state index in [4.69, 9.17) is 5.73 Å². The zero-order chi connectivity index (χ0) is 10.8. The lowest BCUT2D eigenvalue weighted by atomic mass is 9.71. The zero-order valence-corrected chi connectivity index (χ0v) is 7.86. The third kappa shape index (κ3) is 2.62. The van der Waals surface area contributed by atoms with Crippen LogP contribution in [0.2, 0.25) is 0 Å². The van der Waals surface area contributed by atoms with Crippen LogP contribution in [0, 0.1) is 5.41 Å². The Balaban J connectivity index is 2.76. The topological polar surface area (TPSA) is 43.1 Å². The monoisotopic (exact) mass is 209 g/mol. The van der Waals surface area contributed by atoms with E-state index in [1.807, 2.05) is 0 Å². The number of alkyl halides is 3. The third-order valence-corrected chi connectivity index (χ3v) is 2.87. The van der Waals surface area contributed by atoms with E-state index in [2.05, 4.69) is 0 Å². The minimum atomic E-state index is -4.30. The molecular formula is C9H14F3NO. The number of halogens is 3. The number of hydrogen-bond donors (Lipinski definition) is 1. The van der Waals surface area contributed by atoms with Gasteiger partial charge < -0.3 is 5.73 Å². The Morgan fingerprint density at radius 2 is 1.71 bits per heavy atom. The molecule has 1 aliphatic carbocycles. The minimum Gasteiger partial charge on any atom is -0.369 e. The van der Waals surface area contributed by atoms with Crippen LogP contribution in [0.4, 0.5) is 13.2 Å². The molecule has 2 nitrogen and oxygen atoms in total. The first kappa shape index (κ1) is 11.3. The summed E-state index contributed by atoms with van der Waals surface area (Å²) in [5.74, 6) is -0.797. The van der Waals surface area contributed by atoms with E-state index < -0.39 is 23.9 Å². The molecule has 0 radical (unpaired) electrons. The van der Waals surface area contributed by atoms with Crippen molar-refractivity contribution in [3.8, 4) is 0 Å². The molecule has 1 saturated carbocycles. The first-order valence-electron chi connectivity index (χ1n) is 4.72. The largest absolute Gasteiger partial charge is 0.390 e. The number of carbonyl (C=O) groups excluding carboxylic acids is 1. The lowest BCUT2D eigenvalue weighted by molar-refractivity contribution is -0.171. The van der Waals surface area contributed by atoms with E-state index in [1.165, 1.54) is 0 Å². The average molecular weight is 209 g/mol. The maximum atomic E-state index is 12.2. The molecule has 2 N–H and O–H groups in total. The van der Waals surface area contributed by atoms with Gasteiger partial charge in [-0.25, -0.2) is 0 Å². The standard InChI is InChI=1S/C9H14F3NO/c10-9(11,12)6-8(7(13)14)4-2-1-3-5-8/h1-6H2,(H2,13,14). The van der Waals surface area contributed by atoms with E-state index >= 15 is 0 Å². The van der Waals surface area contributed by atoms with Crippen LogP contribution < -0.4 is 5.73 Å². The van der Waals surface area contributed by atoms with Gasteiger partial charge in [0.15, 0.2) is 0 Å². The third-order valence-electron chi connectivity index (χ3n) is 2.87. The fourth-order valence-corrected chi connectivity index (χ4v) is 2.12. The minimum absolute atomic E-state index is 0.280. The summed E-state index contributed by atoms with van der Waals surface area (Å²) in [4.78, 5) is 11.1. The van der Waals surface area contributed by atoms with Gasteiger partial charge in [-0.05, 0) is 12.8 Å². The molecule has 1 rings (SSSR count). The molecule has 0 bridgehead atoms. The maximum absolute atomic E-state index is 12.2. The molecular weight excluding hydrogens is 195 g/mol. The highest BCUT2D eigenvalue weighted by atomic mass is 19.4. The molecule has 1 fully saturated rings. The van der Waals surface area contributed by atoms with Gasteiger partial charge in [0.2, 0.25) is 5.91 Å². The van der Waals surface area contributed by atoms with Gasteiger partial charge in [0.25, 0.3) is 0 Å². The fraction of sp³-hybridized carbons (Fsp3) is 0.889. The molecule has 0 aromatic carbocycles. The summed E-state index contributed by atoms with van der Waals surface area (Å²) in [5, 5.41) is 0. The molecule has 82 valence electrons. The second-order valence-electron chi connectivity index (χ2n) is 4.00. The van der Waals surface area contributed by atoms with Crippen LogP contribution in [0.5, 0.6) is 0 Å². The van der Waals surface area contributed by atoms with Crippen molar-refractivity contribution in [2.75, 3.05) is 0 Å². The average Bonchev–Trinajstić information content (AvgIpc) is 2.02. The van der Waals surface area contributed by atoms with Crippen molar-refractivity contribution in [3.63, 3.8) is 0 Å². The second-order valence-corrected chi connectivity index (χ2v) is 4.00. The summed E-state index contributed by atoms with van der Waals surface area (Å²) in [6.07, 6.45) is -2.57. The SMILES string of the molecule is NC(=O)C1(CC(F)(F)F)CCCCC1. The first-order chi connectivity index (χ1) is 6.36. The van der Waals surface area contributed by atoms with Crippen molar-refractivity contribution in [2.45, 2.75) is 44.7 Å². The lowest BCUT2D eigenvalue weighted by Crippen LogP contribution is -2.42. The van der Waals surface area contributed by atoms with Gasteiger partial charge in [-0.3, -0.25) is 4.79 Å². The number of primary amides is 1. The van der Waals surface area contributed by atoms with Crippen LogP contribution in [0.25, 0.3) is 0 Å². The van der Waals surface area contributed by atoms with Crippen molar-refractivity contribution in [2.24, 2.45) is 11.1 Å². The molecule has 0 aliphatic heterocycles. The van der Waals surface area contributed by atoms with Gasteiger partial charge in [-0.2, -0.15) is 13.2 Å². The Morgan fingerprint density at radius 1 is 1.21 bits per heavy atom. The molecule has 0 aromatic heterocycles. The highest BCUT2D eigenvalue weighted by Gasteiger charge is 2.46. The number of amides is 1. The van der Waals surface area contributed by atoms with Gasteiger partial charge >= 0.3 is 6.18 Å². The molecule has 0 heterocycles. The summed E-state index contributed by atoms with van der Waals surface area (Å²) in [6.45, 7) is 0. The van der Waals surface area contributed by atoms with Gasteiger partial charge in [0.05, 0.1) is 11.8 Å². The van der Waals surface area contributed by atoms with Crippen LogP contribution in [0.3, 0.4) is 0 Å². The number of carbonyl (C=O) groups is 1. The molecule has 0 spiro atoms. The van der Waals surface area contributed by atoms with E-state index in [9.17, 15) is 18.0 Å². The second kappa shape index (κ2) is 3.79. The molecule has 5 heteroatoms. The Morgan fingerprint density at radius 3 is 2.07 bits per heavy atom. The van der Waals surface area contributed by atoms with Crippen LogP contribution in [-0.4, -0.2) is 12.1 Å². The van der Waals surface area contributed by atoms with Crippen molar-refractivity contribution >= 4 is 5.91 Å². The number of hydrogen-bond acceptors (Lipinski definition) is 1. The molecule has 0 aromatic rings. The normalized spacial score (nSPS) is 21.9. The van der Waals surface area contributed by atoms with Crippen LogP contribution in [0.15, 0.2) is 0 Å². The highest BCUT2D eigenvalue weighted by Crippen LogP contribution is 2.44.